The summed E-state index contributed by atoms with van der Waals surface area (Å²) in [6, 6.07) is 100. The van der Waals surface area contributed by atoms with Gasteiger partial charge in [0.2, 0.25) is 0 Å². The Balaban J connectivity index is 1.07. The molecule has 1 aliphatic rings. The highest BCUT2D eigenvalue weighted by atomic mass is 15.1. The average molecular weight is 840 g/mol. The van der Waals surface area contributed by atoms with E-state index < -0.39 is 5.41 Å². The van der Waals surface area contributed by atoms with Crippen molar-refractivity contribution in [2.75, 3.05) is 4.90 Å². The maximum Gasteiger partial charge on any atom is 0.0714 e. The molecule has 0 fully saturated rings. The van der Waals surface area contributed by atoms with Gasteiger partial charge in [0, 0.05) is 16.9 Å². The van der Waals surface area contributed by atoms with Gasteiger partial charge >= 0.3 is 0 Å². The van der Waals surface area contributed by atoms with Crippen molar-refractivity contribution in [2.24, 2.45) is 0 Å². The fourth-order valence-electron chi connectivity index (χ4n) is 10.6. The topological polar surface area (TPSA) is 3.24 Å². The molecule has 0 saturated heterocycles. The molecule has 1 aliphatic carbocycles. The van der Waals surface area contributed by atoms with Gasteiger partial charge in [0.05, 0.1) is 11.1 Å². The number of nitrogens with zero attached hydrogens (tertiary/aromatic N) is 1. The summed E-state index contributed by atoms with van der Waals surface area (Å²) in [5, 5.41) is 2.49. The summed E-state index contributed by atoms with van der Waals surface area (Å²) in [4.78, 5) is 2.44. The van der Waals surface area contributed by atoms with Gasteiger partial charge in [-0.15, -0.1) is 0 Å². The Bertz CT molecular complexity index is 3500. The van der Waals surface area contributed by atoms with E-state index in [-0.39, 0.29) is 0 Å². The van der Waals surface area contributed by atoms with Crippen molar-refractivity contribution in [1.82, 2.24) is 0 Å². The minimum absolute atomic E-state index is 0.562. The molecule has 0 heterocycles. The Labute approximate surface area is 387 Å². The van der Waals surface area contributed by atoms with Crippen LogP contribution in [-0.2, 0) is 5.41 Å². The van der Waals surface area contributed by atoms with Gasteiger partial charge in [0.1, 0.15) is 0 Å². The van der Waals surface area contributed by atoms with E-state index in [4.69, 9.17) is 0 Å². The molecule has 11 aromatic carbocycles. The number of benzene rings is 11. The van der Waals surface area contributed by atoms with Gasteiger partial charge < -0.3 is 4.90 Å². The largest absolute Gasteiger partial charge is 0.310 e. The molecule has 1 heteroatoms. The van der Waals surface area contributed by atoms with Crippen molar-refractivity contribution in [1.29, 1.82) is 0 Å². The second kappa shape index (κ2) is 16.6. The maximum atomic E-state index is 2.44. The molecule has 66 heavy (non-hydrogen) atoms. The van der Waals surface area contributed by atoms with Crippen molar-refractivity contribution >= 4 is 27.8 Å². The zero-order valence-corrected chi connectivity index (χ0v) is 36.4. The van der Waals surface area contributed by atoms with E-state index in [0.717, 1.165) is 22.6 Å². The number of rotatable bonds is 9. The molecule has 0 amide bonds. The molecule has 0 aromatic heterocycles. The number of anilines is 3. The first-order valence-electron chi connectivity index (χ1n) is 22.8. The molecular formula is C65H45N. The highest BCUT2D eigenvalue weighted by Crippen LogP contribution is 2.59. The summed E-state index contributed by atoms with van der Waals surface area (Å²) in [6.07, 6.45) is 0. The van der Waals surface area contributed by atoms with Crippen molar-refractivity contribution < 1.29 is 0 Å². The summed E-state index contributed by atoms with van der Waals surface area (Å²) < 4.78 is 0. The third-order valence-electron chi connectivity index (χ3n) is 13.6. The number of hydrogen-bond acceptors (Lipinski definition) is 1. The molecule has 0 radical (unpaired) electrons. The first kappa shape index (κ1) is 39.1. The van der Waals surface area contributed by atoms with Crippen LogP contribution in [0.25, 0.3) is 66.4 Å². The Morgan fingerprint density at radius 2 is 0.742 bits per heavy atom. The van der Waals surface area contributed by atoms with Gasteiger partial charge in [-0.05, 0) is 119 Å². The molecule has 0 N–H and O–H groups in total. The van der Waals surface area contributed by atoms with Crippen LogP contribution in [0.3, 0.4) is 0 Å². The molecule has 0 bridgehead atoms. The molecule has 0 saturated carbocycles. The zero-order chi connectivity index (χ0) is 43.9. The summed E-state index contributed by atoms with van der Waals surface area (Å²) >= 11 is 0. The van der Waals surface area contributed by atoms with Crippen LogP contribution >= 0.6 is 0 Å². The Morgan fingerprint density at radius 1 is 0.273 bits per heavy atom. The van der Waals surface area contributed by atoms with Crippen molar-refractivity contribution in [2.45, 2.75) is 5.41 Å². The molecule has 0 spiro atoms. The van der Waals surface area contributed by atoms with Gasteiger partial charge in [0.15, 0.2) is 0 Å². The lowest BCUT2D eigenvalue weighted by Gasteiger charge is -2.34. The van der Waals surface area contributed by atoms with E-state index >= 15 is 0 Å². The van der Waals surface area contributed by atoms with Crippen LogP contribution in [-0.4, -0.2) is 0 Å². The zero-order valence-electron chi connectivity index (χ0n) is 36.4. The van der Waals surface area contributed by atoms with E-state index in [1.165, 1.54) is 83.1 Å². The standard InChI is InChI=1S/C65H45N/c1-4-19-46(20-5-1)48-37-41-54(42-38-48)66(55-43-39-50(40-44-55)57-32-17-24-49-23-10-11-29-56(49)57)63-36-15-13-30-58(63)59-33-18-35-62-64(59)60-31-12-14-34-61(60)65(62,52-26-8-3-9-27-52)53-28-16-25-51(45-53)47-21-6-2-7-22-47/h1-45H. The molecule has 12 rings (SSSR count). The van der Waals surface area contributed by atoms with Crippen molar-refractivity contribution in [3.63, 3.8) is 0 Å². The lowest BCUT2D eigenvalue weighted by atomic mass is 9.67. The Morgan fingerprint density at radius 3 is 1.48 bits per heavy atom. The first-order valence-corrected chi connectivity index (χ1v) is 22.8. The number of para-hydroxylation sites is 1. The maximum absolute atomic E-state index is 2.44. The van der Waals surface area contributed by atoms with Crippen LogP contribution in [0.1, 0.15) is 22.3 Å². The van der Waals surface area contributed by atoms with E-state index in [1.54, 1.807) is 0 Å². The van der Waals surface area contributed by atoms with E-state index in [9.17, 15) is 0 Å². The molecular weight excluding hydrogens is 795 g/mol. The van der Waals surface area contributed by atoms with Crippen LogP contribution in [0.15, 0.2) is 273 Å². The van der Waals surface area contributed by atoms with Gasteiger partial charge in [-0.2, -0.15) is 0 Å². The van der Waals surface area contributed by atoms with Gasteiger partial charge in [-0.25, -0.2) is 0 Å². The SMILES string of the molecule is c1ccc(-c2ccc(N(c3ccc(-c4cccc5ccccc45)cc3)c3ccccc3-c3cccc4c3-c3ccccc3C4(c3ccccc3)c3cccc(-c4ccccc4)c3)cc2)cc1. The molecule has 310 valence electrons. The Kier molecular flexibility index (Phi) is 9.81. The van der Waals surface area contributed by atoms with Crippen molar-refractivity contribution in [3.05, 3.63) is 295 Å². The quantitative estimate of drug-likeness (QED) is 0.140. The molecule has 11 aromatic rings. The second-order valence-electron chi connectivity index (χ2n) is 17.2. The normalized spacial score (nSPS) is 13.8. The Hall–Kier alpha value is -8.52. The van der Waals surface area contributed by atoms with Crippen LogP contribution in [0.4, 0.5) is 17.1 Å². The van der Waals surface area contributed by atoms with Crippen LogP contribution in [0, 0.1) is 0 Å². The molecule has 0 aliphatic heterocycles. The fourth-order valence-corrected chi connectivity index (χ4v) is 10.6. The highest BCUT2D eigenvalue weighted by Gasteiger charge is 2.47. The third kappa shape index (κ3) is 6.56. The van der Waals surface area contributed by atoms with E-state index in [1.807, 2.05) is 0 Å². The molecule has 1 unspecified atom stereocenters. The van der Waals surface area contributed by atoms with Gasteiger partial charge in [-0.3, -0.25) is 0 Å². The number of fused-ring (bicyclic) bond motifs is 4. The lowest BCUT2D eigenvalue weighted by molar-refractivity contribution is 0.769. The van der Waals surface area contributed by atoms with E-state index in [0.29, 0.717) is 0 Å². The first-order chi connectivity index (χ1) is 32.8. The van der Waals surface area contributed by atoms with Crippen LogP contribution < -0.4 is 4.90 Å². The molecule has 1 nitrogen and oxygen atoms in total. The lowest BCUT2D eigenvalue weighted by Crippen LogP contribution is -2.28. The van der Waals surface area contributed by atoms with E-state index in [2.05, 4.69) is 278 Å². The van der Waals surface area contributed by atoms with Gasteiger partial charge in [0.25, 0.3) is 0 Å². The third-order valence-corrected chi connectivity index (χ3v) is 13.6. The predicted molar refractivity (Wildman–Crippen MR) is 278 cm³/mol. The van der Waals surface area contributed by atoms with Crippen LogP contribution in [0.5, 0.6) is 0 Å². The monoisotopic (exact) mass is 839 g/mol. The second-order valence-corrected chi connectivity index (χ2v) is 17.2. The summed E-state index contributed by atoms with van der Waals surface area (Å²) in [5.74, 6) is 0. The minimum Gasteiger partial charge on any atom is -0.310 e. The van der Waals surface area contributed by atoms with Crippen molar-refractivity contribution in [3.8, 4) is 55.6 Å². The highest BCUT2D eigenvalue weighted by molar-refractivity contribution is 6.01. The predicted octanol–water partition coefficient (Wildman–Crippen LogP) is 17.3. The smallest absolute Gasteiger partial charge is 0.0714 e. The minimum atomic E-state index is -0.562. The summed E-state index contributed by atoms with van der Waals surface area (Å²) in [5.41, 5.74) is 19.9. The molecule has 1 atom stereocenters. The average Bonchev–Trinajstić information content (AvgIpc) is 3.71. The summed E-state index contributed by atoms with van der Waals surface area (Å²) in [6.45, 7) is 0. The van der Waals surface area contributed by atoms with Crippen LogP contribution in [0.2, 0.25) is 0 Å². The fraction of sp³-hybridized carbons (Fsp3) is 0.0154. The number of hydrogen-bond donors (Lipinski definition) is 0. The summed E-state index contributed by atoms with van der Waals surface area (Å²) in [7, 11) is 0. The van der Waals surface area contributed by atoms with Gasteiger partial charge in [-0.1, -0.05) is 237 Å².